The SMILES string of the molecule is O=C(Nc1cc(Cl)ccc1Oc1ccccc1)c1ccc([C@@H]2SCC(=O)N2CCc2ccccc2)cc1. The van der Waals surface area contributed by atoms with Crippen LogP contribution in [0.25, 0.3) is 0 Å². The van der Waals surface area contributed by atoms with Crippen molar-refractivity contribution in [1.29, 1.82) is 0 Å². The first-order valence-electron chi connectivity index (χ1n) is 12.0. The van der Waals surface area contributed by atoms with Crippen molar-refractivity contribution >= 4 is 40.9 Å². The van der Waals surface area contributed by atoms with E-state index in [0.717, 1.165) is 12.0 Å². The Labute approximate surface area is 225 Å². The fraction of sp³-hybridized carbons (Fsp3) is 0.133. The van der Waals surface area contributed by atoms with Crippen molar-refractivity contribution in [3.63, 3.8) is 0 Å². The van der Waals surface area contributed by atoms with E-state index in [-0.39, 0.29) is 17.2 Å². The van der Waals surface area contributed by atoms with Gasteiger partial charge in [0.1, 0.15) is 11.1 Å². The third kappa shape index (κ3) is 6.16. The van der Waals surface area contributed by atoms with E-state index < -0.39 is 0 Å². The Kier molecular flexibility index (Phi) is 7.78. The Balaban J connectivity index is 1.27. The van der Waals surface area contributed by atoms with Crippen LogP contribution in [0.4, 0.5) is 5.69 Å². The smallest absolute Gasteiger partial charge is 0.255 e. The van der Waals surface area contributed by atoms with E-state index in [1.165, 1.54) is 5.56 Å². The summed E-state index contributed by atoms with van der Waals surface area (Å²) in [4.78, 5) is 27.5. The maximum absolute atomic E-state index is 13.1. The summed E-state index contributed by atoms with van der Waals surface area (Å²) in [5.74, 6) is 1.48. The molecule has 0 saturated carbocycles. The molecule has 37 heavy (non-hydrogen) atoms. The van der Waals surface area contributed by atoms with Gasteiger partial charge in [-0.05, 0) is 60.0 Å². The molecule has 1 aliphatic rings. The standard InChI is InChI=1S/C30H25ClN2O3S/c31-24-15-16-27(36-25-9-5-2-6-10-25)26(19-24)32-29(35)22-11-13-23(14-12-22)30-33(28(34)20-37-30)18-17-21-7-3-1-4-8-21/h1-16,19,30H,17-18,20H2,(H,32,35)/t30-/m0/s1. The maximum atomic E-state index is 13.1. The minimum Gasteiger partial charge on any atom is -0.455 e. The molecule has 1 N–H and O–H groups in total. The molecule has 2 amide bonds. The first kappa shape index (κ1) is 24.9. The third-order valence-electron chi connectivity index (χ3n) is 6.07. The van der Waals surface area contributed by atoms with Crippen molar-refractivity contribution in [2.24, 2.45) is 0 Å². The van der Waals surface area contributed by atoms with Crippen molar-refractivity contribution in [3.05, 3.63) is 125 Å². The molecule has 5 nitrogen and oxygen atoms in total. The summed E-state index contributed by atoms with van der Waals surface area (Å²) in [7, 11) is 0. The minimum absolute atomic E-state index is 0.0628. The van der Waals surface area contributed by atoms with Gasteiger partial charge in [0.15, 0.2) is 5.75 Å². The second-order valence-corrected chi connectivity index (χ2v) is 10.1. The summed E-state index contributed by atoms with van der Waals surface area (Å²) >= 11 is 7.80. The number of ether oxygens (including phenoxy) is 1. The van der Waals surface area contributed by atoms with E-state index in [1.54, 1.807) is 42.1 Å². The molecule has 0 aliphatic carbocycles. The summed E-state index contributed by atoms with van der Waals surface area (Å²) < 4.78 is 5.95. The lowest BCUT2D eigenvalue weighted by atomic mass is 10.1. The van der Waals surface area contributed by atoms with Crippen molar-refractivity contribution in [1.82, 2.24) is 4.90 Å². The second kappa shape index (κ2) is 11.5. The van der Waals surface area contributed by atoms with Crippen molar-refractivity contribution in [2.45, 2.75) is 11.8 Å². The average Bonchev–Trinajstić information content (AvgIpc) is 3.30. The lowest BCUT2D eigenvalue weighted by Gasteiger charge is -2.24. The molecule has 4 aromatic carbocycles. The number of rotatable bonds is 8. The summed E-state index contributed by atoms with van der Waals surface area (Å²) in [6, 6.07) is 32.0. The Bertz CT molecular complexity index is 1380. The highest BCUT2D eigenvalue weighted by molar-refractivity contribution is 8.00. The molecule has 1 atom stereocenters. The zero-order valence-corrected chi connectivity index (χ0v) is 21.5. The Morgan fingerprint density at radius 3 is 2.38 bits per heavy atom. The molecule has 1 aliphatic heterocycles. The molecule has 0 unspecified atom stereocenters. The number of hydrogen-bond acceptors (Lipinski definition) is 4. The Morgan fingerprint density at radius 2 is 1.65 bits per heavy atom. The predicted molar refractivity (Wildman–Crippen MR) is 149 cm³/mol. The van der Waals surface area contributed by atoms with E-state index in [9.17, 15) is 9.59 Å². The largest absolute Gasteiger partial charge is 0.455 e. The zero-order chi connectivity index (χ0) is 25.6. The molecule has 1 heterocycles. The molecule has 186 valence electrons. The van der Waals surface area contributed by atoms with E-state index in [1.807, 2.05) is 65.6 Å². The number of para-hydroxylation sites is 1. The highest BCUT2D eigenvalue weighted by Crippen LogP contribution is 2.39. The number of nitrogens with zero attached hydrogens (tertiary/aromatic N) is 1. The van der Waals surface area contributed by atoms with Gasteiger partial charge < -0.3 is 15.0 Å². The van der Waals surface area contributed by atoms with Crippen LogP contribution in [-0.2, 0) is 11.2 Å². The van der Waals surface area contributed by atoms with E-state index in [0.29, 0.717) is 40.1 Å². The molecular formula is C30H25ClN2O3S. The highest BCUT2D eigenvalue weighted by Gasteiger charge is 2.32. The number of halogens is 1. The van der Waals surface area contributed by atoms with Gasteiger partial charge in [-0.2, -0.15) is 0 Å². The van der Waals surface area contributed by atoms with Gasteiger partial charge in [0.25, 0.3) is 5.91 Å². The first-order chi connectivity index (χ1) is 18.1. The molecule has 0 bridgehead atoms. The summed E-state index contributed by atoms with van der Waals surface area (Å²) in [5, 5.41) is 3.34. The van der Waals surface area contributed by atoms with Gasteiger partial charge in [-0.3, -0.25) is 9.59 Å². The second-order valence-electron chi connectivity index (χ2n) is 8.62. The molecular weight excluding hydrogens is 504 g/mol. The average molecular weight is 529 g/mol. The van der Waals surface area contributed by atoms with Crippen LogP contribution in [0, 0.1) is 0 Å². The number of thioether (sulfide) groups is 1. The maximum Gasteiger partial charge on any atom is 0.255 e. The van der Waals surface area contributed by atoms with Crippen LogP contribution in [0.2, 0.25) is 5.02 Å². The van der Waals surface area contributed by atoms with Crippen molar-refractivity contribution in [3.8, 4) is 11.5 Å². The van der Waals surface area contributed by atoms with Gasteiger partial charge in [-0.25, -0.2) is 0 Å². The Morgan fingerprint density at radius 1 is 0.946 bits per heavy atom. The van der Waals surface area contributed by atoms with Gasteiger partial charge in [0.05, 0.1) is 11.4 Å². The molecule has 1 fully saturated rings. The van der Waals surface area contributed by atoms with Crippen LogP contribution in [0.1, 0.15) is 26.9 Å². The van der Waals surface area contributed by atoms with Crippen LogP contribution in [-0.4, -0.2) is 29.0 Å². The zero-order valence-electron chi connectivity index (χ0n) is 20.0. The molecule has 0 spiro atoms. The lowest BCUT2D eigenvalue weighted by molar-refractivity contribution is -0.128. The van der Waals surface area contributed by atoms with Crippen LogP contribution in [0.15, 0.2) is 103 Å². The quantitative estimate of drug-likeness (QED) is 0.263. The number of carbonyl (C=O) groups excluding carboxylic acids is 2. The number of nitrogens with one attached hydrogen (secondary N) is 1. The van der Waals surface area contributed by atoms with Crippen LogP contribution in [0.3, 0.4) is 0 Å². The van der Waals surface area contributed by atoms with Gasteiger partial charge in [-0.1, -0.05) is 72.3 Å². The lowest BCUT2D eigenvalue weighted by Crippen LogP contribution is -2.30. The number of carbonyl (C=O) groups is 2. The molecule has 0 radical (unpaired) electrons. The van der Waals surface area contributed by atoms with Gasteiger partial charge in [0.2, 0.25) is 5.91 Å². The normalized spacial score (nSPS) is 15.0. The van der Waals surface area contributed by atoms with Gasteiger partial charge in [-0.15, -0.1) is 11.8 Å². The predicted octanol–water partition coefficient (Wildman–Crippen LogP) is 7.20. The molecule has 5 rings (SSSR count). The van der Waals surface area contributed by atoms with Crippen LogP contribution >= 0.6 is 23.4 Å². The fourth-order valence-electron chi connectivity index (χ4n) is 4.16. The molecule has 4 aromatic rings. The summed E-state index contributed by atoms with van der Waals surface area (Å²) in [6.07, 6.45) is 0.803. The van der Waals surface area contributed by atoms with Crippen molar-refractivity contribution in [2.75, 3.05) is 17.6 Å². The van der Waals surface area contributed by atoms with E-state index >= 15 is 0 Å². The van der Waals surface area contributed by atoms with Gasteiger partial charge >= 0.3 is 0 Å². The van der Waals surface area contributed by atoms with Crippen molar-refractivity contribution < 1.29 is 14.3 Å². The monoisotopic (exact) mass is 528 g/mol. The topological polar surface area (TPSA) is 58.6 Å². The minimum atomic E-state index is -0.275. The van der Waals surface area contributed by atoms with Gasteiger partial charge in [0, 0.05) is 17.1 Å². The number of amides is 2. The fourth-order valence-corrected chi connectivity index (χ4v) is 5.56. The highest BCUT2D eigenvalue weighted by atomic mass is 35.5. The molecule has 0 aromatic heterocycles. The first-order valence-corrected chi connectivity index (χ1v) is 13.4. The number of anilines is 1. The third-order valence-corrected chi connectivity index (χ3v) is 7.56. The summed E-state index contributed by atoms with van der Waals surface area (Å²) in [5.41, 5.74) is 3.18. The number of hydrogen-bond donors (Lipinski definition) is 1. The van der Waals surface area contributed by atoms with E-state index in [4.69, 9.17) is 16.3 Å². The molecule has 7 heteroatoms. The summed E-state index contributed by atoms with van der Waals surface area (Å²) in [6.45, 7) is 0.654. The van der Waals surface area contributed by atoms with Crippen LogP contribution in [0.5, 0.6) is 11.5 Å². The van der Waals surface area contributed by atoms with E-state index in [2.05, 4.69) is 17.4 Å². The molecule has 1 saturated heterocycles. The Hall–Kier alpha value is -3.74. The van der Waals surface area contributed by atoms with Crippen LogP contribution < -0.4 is 10.1 Å². The number of benzene rings is 4.